The Labute approximate surface area is 109 Å². The van der Waals surface area contributed by atoms with Crippen LogP contribution in [0.25, 0.3) is 0 Å². The summed E-state index contributed by atoms with van der Waals surface area (Å²) in [6.07, 6.45) is 2.55. The number of nitrogens with two attached hydrogens (primary N) is 1. The summed E-state index contributed by atoms with van der Waals surface area (Å²) in [7, 11) is 0. The van der Waals surface area contributed by atoms with Crippen molar-refractivity contribution in [1.82, 2.24) is 4.98 Å². The second kappa shape index (κ2) is 5.68. The number of hydrogen-bond donors (Lipinski definition) is 1. The van der Waals surface area contributed by atoms with E-state index < -0.39 is 0 Å². The molecule has 0 aliphatic heterocycles. The Bertz CT molecular complexity index is 488. The highest BCUT2D eigenvalue weighted by Gasteiger charge is 2.01. The van der Waals surface area contributed by atoms with Crippen LogP contribution < -0.4 is 10.5 Å². The van der Waals surface area contributed by atoms with Crippen LogP contribution in [0.3, 0.4) is 0 Å². The van der Waals surface area contributed by atoms with Gasteiger partial charge in [-0.15, -0.1) is 0 Å². The average Bonchev–Trinajstić information content (AvgIpc) is 2.35. The number of halogens is 1. The third kappa shape index (κ3) is 3.46. The lowest BCUT2D eigenvalue weighted by Crippen LogP contribution is -2.04. The average molecular weight is 293 g/mol. The van der Waals surface area contributed by atoms with E-state index in [2.05, 4.69) is 20.9 Å². The van der Waals surface area contributed by atoms with Crippen LogP contribution in [0.4, 0.5) is 5.69 Å². The number of benzene rings is 1. The van der Waals surface area contributed by atoms with Gasteiger partial charge in [-0.1, -0.05) is 22.0 Å². The van der Waals surface area contributed by atoms with Crippen LogP contribution in [0.5, 0.6) is 5.75 Å². The van der Waals surface area contributed by atoms with Crippen molar-refractivity contribution in [2.75, 3.05) is 12.3 Å². The quantitative estimate of drug-likeness (QED) is 0.881. The summed E-state index contributed by atoms with van der Waals surface area (Å²) >= 11 is 3.39. The maximum Gasteiger partial charge on any atom is 0.143 e. The van der Waals surface area contributed by atoms with Crippen molar-refractivity contribution in [2.24, 2.45) is 0 Å². The Morgan fingerprint density at radius 1 is 1.24 bits per heavy atom. The largest absolute Gasteiger partial charge is 0.491 e. The third-order valence-corrected chi connectivity index (χ3v) is 2.81. The summed E-state index contributed by atoms with van der Waals surface area (Å²) < 4.78 is 6.58. The van der Waals surface area contributed by atoms with Gasteiger partial charge in [0.2, 0.25) is 0 Å². The van der Waals surface area contributed by atoms with Crippen LogP contribution in [-0.4, -0.2) is 11.6 Å². The van der Waals surface area contributed by atoms with Crippen LogP contribution >= 0.6 is 15.9 Å². The number of aromatic nitrogens is 1. The highest BCUT2D eigenvalue weighted by atomic mass is 79.9. The molecule has 4 heteroatoms. The number of rotatable bonds is 4. The minimum absolute atomic E-state index is 0.567. The number of hydrogen-bond acceptors (Lipinski definition) is 3. The zero-order valence-electron chi connectivity index (χ0n) is 9.27. The summed E-state index contributed by atoms with van der Waals surface area (Å²) in [6, 6.07) is 11.4. The minimum Gasteiger partial charge on any atom is -0.491 e. The molecule has 0 unspecified atom stereocenters. The molecule has 0 amide bonds. The maximum absolute atomic E-state index is 5.81. The first-order valence-corrected chi connectivity index (χ1v) is 6.13. The van der Waals surface area contributed by atoms with Crippen LogP contribution in [0.2, 0.25) is 0 Å². The fourth-order valence-corrected chi connectivity index (χ4v) is 1.78. The lowest BCUT2D eigenvalue weighted by molar-refractivity contribution is 0.322. The van der Waals surface area contributed by atoms with Crippen molar-refractivity contribution < 1.29 is 4.74 Å². The van der Waals surface area contributed by atoms with Crippen LogP contribution in [0.1, 0.15) is 5.69 Å². The fraction of sp³-hybridized carbons (Fsp3) is 0.154. The van der Waals surface area contributed by atoms with Crippen molar-refractivity contribution in [2.45, 2.75) is 6.42 Å². The highest BCUT2D eigenvalue weighted by Crippen LogP contribution is 2.25. The van der Waals surface area contributed by atoms with E-state index in [1.54, 1.807) is 6.20 Å². The molecule has 17 heavy (non-hydrogen) atoms. The van der Waals surface area contributed by atoms with Crippen molar-refractivity contribution in [3.63, 3.8) is 0 Å². The van der Waals surface area contributed by atoms with E-state index in [0.717, 1.165) is 16.6 Å². The van der Waals surface area contributed by atoms with Gasteiger partial charge in [0, 0.05) is 22.8 Å². The van der Waals surface area contributed by atoms with E-state index in [1.165, 1.54) is 0 Å². The standard InChI is InChI=1S/C13H13BrN2O/c14-10-4-5-12(15)13(9-10)17-8-6-11-3-1-2-7-16-11/h1-5,7,9H,6,8,15H2. The molecule has 2 aromatic rings. The van der Waals surface area contributed by atoms with E-state index in [-0.39, 0.29) is 0 Å². The summed E-state index contributed by atoms with van der Waals surface area (Å²) in [6.45, 7) is 0.567. The molecule has 1 aromatic carbocycles. The normalized spacial score (nSPS) is 10.2. The van der Waals surface area contributed by atoms with Gasteiger partial charge in [-0.2, -0.15) is 0 Å². The molecule has 0 aliphatic carbocycles. The predicted molar refractivity (Wildman–Crippen MR) is 72.0 cm³/mol. The van der Waals surface area contributed by atoms with Gasteiger partial charge in [-0.05, 0) is 30.3 Å². The summed E-state index contributed by atoms with van der Waals surface area (Å²) in [5.74, 6) is 0.704. The molecule has 88 valence electrons. The molecule has 1 aromatic heterocycles. The van der Waals surface area contributed by atoms with Gasteiger partial charge in [-0.25, -0.2) is 0 Å². The molecule has 0 radical (unpaired) electrons. The second-order valence-corrected chi connectivity index (χ2v) is 4.52. The SMILES string of the molecule is Nc1ccc(Br)cc1OCCc1ccccn1. The van der Waals surface area contributed by atoms with Crippen molar-refractivity contribution in [1.29, 1.82) is 0 Å². The Kier molecular flexibility index (Phi) is 3.98. The van der Waals surface area contributed by atoms with Crippen LogP contribution in [0, 0.1) is 0 Å². The van der Waals surface area contributed by atoms with Crippen molar-refractivity contribution in [3.8, 4) is 5.75 Å². The number of nitrogens with zero attached hydrogens (tertiary/aromatic N) is 1. The molecule has 0 bridgehead atoms. The van der Waals surface area contributed by atoms with Gasteiger partial charge >= 0.3 is 0 Å². The third-order valence-electron chi connectivity index (χ3n) is 2.32. The van der Waals surface area contributed by atoms with E-state index in [0.29, 0.717) is 18.0 Å². The smallest absolute Gasteiger partial charge is 0.143 e. The predicted octanol–water partition coefficient (Wildman–Crippen LogP) is 3.05. The maximum atomic E-state index is 5.81. The molecule has 0 fully saturated rings. The molecule has 0 atom stereocenters. The molecule has 3 nitrogen and oxygen atoms in total. The Morgan fingerprint density at radius 2 is 2.12 bits per heavy atom. The molecule has 0 saturated carbocycles. The summed E-state index contributed by atoms with van der Waals surface area (Å²) in [5, 5.41) is 0. The van der Waals surface area contributed by atoms with Crippen molar-refractivity contribution in [3.05, 3.63) is 52.8 Å². The lowest BCUT2D eigenvalue weighted by Gasteiger charge is -2.08. The monoisotopic (exact) mass is 292 g/mol. The summed E-state index contributed by atoms with van der Waals surface area (Å²) in [5.41, 5.74) is 7.47. The first kappa shape index (κ1) is 11.9. The molecule has 2 rings (SSSR count). The van der Waals surface area contributed by atoms with E-state index >= 15 is 0 Å². The Hall–Kier alpha value is -1.55. The van der Waals surface area contributed by atoms with Gasteiger partial charge in [0.1, 0.15) is 5.75 Å². The molecule has 0 aliphatic rings. The summed E-state index contributed by atoms with van der Waals surface area (Å²) in [4.78, 5) is 4.23. The van der Waals surface area contributed by atoms with Crippen LogP contribution in [-0.2, 0) is 6.42 Å². The van der Waals surface area contributed by atoms with Gasteiger partial charge < -0.3 is 10.5 Å². The topological polar surface area (TPSA) is 48.1 Å². The Balaban J connectivity index is 1.92. The molecule has 2 N–H and O–H groups in total. The van der Waals surface area contributed by atoms with Gasteiger partial charge in [-0.3, -0.25) is 4.98 Å². The van der Waals surface area contributed by atoms with Crippen LogP contribution in [0.15, 0.2) is 47.1 Å². The zero-order chi connectivity index (χ0) is 12.1. The first-order valence-electron chi connectivity index (χ1n) is 5.33. The molecule has 1 heterocycles. The van der Waals surface area contributed by atoms with Gasteiger partial charge in [0.15, 0.2) is 0 Å². The number of ether oxygens (including phenoxy) is 1. The first-order chi connectivity index (χ1) is 8.25. The van der Waals surface area contributed by atoms with Gasteiger partial charge in [0.05, 0.1) is 12.3 Å². The minimum atomic E-state index is 0.567. The van der Waals surface area contributed by atoms with E-state index in [1.807, 2.05) is 36.4 Å². The van der Waals surface area contributed by atoms with E-state index in [9.17, 15) is 0 Å². The number of pyridine rings is 1. The molecule has 0 spiro atoms. The number of anilines is 1. The highest BCUT2D eigenvalue weighted by molar-refractivity contribution is 9.10. The number of nitrogen functional groups attached to an aromatic ring is 1. The molecular formula is C13H13BrN2O. The molecule has 0 saturated heterocycles. The second-order valence-electron chi connectivity index (χ2n) is 3.60. The fourth-order valence-electron chi connectivity index (χ4n) is 1.44. The molecular weight excluding hydrogens is 280 g/mol. The lowest BCUT2D eigenvalue weighted by atomic mass is 10.3. The van der Waals surface area contributed by atoms with Gasteiger partial charge in [0.25, 0.3) is 0 Å². The van der Waals surface area contributed by atoms with E-state index in [4.69, 9.17) is 10.5 Å². The Morgan fingerprint density at radius 3 is 2.88 bits per heavy atom. The van der Waals surface area contributed by atoms with Crippen molar-refractivity contribution >= 4 is 21.6 Å². The zero-order valence-corrected chi connectivity index (χ0v) is 10.9.